The van der Waals surface area contributed by atoms with Gasteiger partial charge in [-0.15, -0.1) is 0 Å². The Kier molecular flexibility index (Phi) is 10.4. The number of nitrogens with zero attached hydrogens (tertiary/aromatic N) is 4. The van der Waals surface area contributed by atoms with Crippen LogP contribution in [-0.4, -0.2) is 53.6 Å². The summed E-state index contributed by atoms with van der Waals surface area (Å²) in [7, 11) is 5.50. The van der Waals surface area contributed by atoms with E-state index < -0.39 is 6.04 Å². The van der Waals surface area contributed by atoms with Crippen molar-refractivity contribution in [3.05, 3.63) is 106 Å². The molecule has 0 fully saturated rings. The molecule has 0 saturated heterocycles. The molecule has 0 spiro atoms. The van der Waals surface area contributed by atoms with Crippen LogP contribution in [0.4, 0.5) is 11.4 Å². The highest BCUT2D eigenvalue weighted by molar-refractivity contribution is 7.99. The molecule has 0 aliphatic rings. The van der Waals surface area contributed by atoms with E-state index >= 15 is 0 Å². The van der Waals surface area contributed by atoms with Gasteiger partial charge in [0, 0.05) is 48.4 Å². The molecule has 0 radical (unpaired) electrons. The van der Waals surface area contributed by atoms with E-state index in [1.807, 2.05) is 87.4 Å². The van der Waals surface area contributed by atoms with E-state index in [2.05, 4.69) is 15.3 Å². The lowest BCUT2D eigenvalue weighted by atomic mass is 10.0. The number of carbonyl (C=O) groups excluding carboxylic acids is 2. The van der Waals surface area contributed by atoms with Crippen LogP contribution in [0.5, 0.6) is 5.75 Å². The summed E-state index contributed by atoms with van der Waals surface area (Å²) in [5.74, 6) is 0.168. The molecular weight excluding hydrogens is 570 g/mol. The van der Waals surface area contributed by atoms with Crippen molar-refractivity contribution >= 4 is 46.6 Å². The molecule has 0 aliphatic heterocycles. The molecule has 218 valence electrons. The zero-order chi connectivity index (χ0) is 30.2. The molecule has 1 heterocycles. The van der Waals surface area contributed by atoms with Crippen LogP contribution in [0.25, 0.3) is 0 Å². The lowest BCUT2D eigenvalue weighted by Crippen LogP contribution is -2.41. The van der Waals surface area contributed by atoms with E-state index in [4.69, 9.17) is 16.3 Å². The number of nitrogens with one attached hydrogen (secondary N) is 1. The largest absolute Gasteiger partial charge is 0.497 e. The fourth-order valence-electron chi connectivity index (χ4n) is 4.39. The fraction of sp³-hybridized carbons (Fsp3) is 0.250. The SMILES string of the molecule is COc1ccc(CN(C(=O)CSc2nc(C)cc(C)n2)[C@@H](C(=O)Nc2ccc(N(C)C)cc2)c2ccc(Cl)cc2)cc1. The Hall–Kier alpha value is -4.08. The maximum atomic E-state index is 14.0. The molecule has 0 bridgehead atoms. The zero-order valence-corrected chi connectivity index (χ0v) is 25.9. The minimum Gasteiger partial charge on any atom is -0.497 e. The van der Waals surface area contributed by atoms with Crippen LogP contribution in [-0.2, 0) is 16.1 Å². The smallest absolute Gasteiger partial charge is 0.251 e. The fourth-order valence-corrected chi connectivity index (χ4v) is 5.35. The molecule has 1 atom stereocenters. The second-order valence-electron chi connectivity index (χ2n) is 9.98. The van der Waals surface area contributed by atoms with Crippen molar-refractivity contribution < 1.29 is 14.3 Å². The van der Waals surface area contributed by atoms with E-state index in [0.717, 1.165) is 22.6 Å². The van der Waals surface area contributed by atoms with Gasteiger partial charge in [-0.1, -0.05) is 47.6 Å². The first-order chi connectivity index (χ1) is 20.1. The summed E-state index contributed by atoms with van der Waals surface area (Å²) in [6.45, 7) is 3.97. The summed E-state index contributed by atoms with van der Waals surface area (Å²) in [6.07, 6.45) is 0. The van der Waals surface area contributed by atoms with E-state index in [1.165, 1.54) is 11.8 Å². The summed E-state index contributed by atoms with van der Waals surface area (Å²) in [5, 5.41) is 4.06. The van der Waals surface area contributed by atoms with Gasteiger partial charge in [0.25, 0.3) is 5.91 Å². The molecule has 2 amide bonds. The number of thioether (sulfide) groups is 1. The number of amides is 2. The van der Waals surface area contributed by atoms with Crippen LogP contribution < -0.4 is 15.0 Å². The van der Waals surface area contributed by atoms with Crippen molar-refractivity contribution in [3.8, 4) is 5.75 Å². The molecular formula is C32H34ClN5O3S. The molecule has 4 aromatic rings. The minimum atomic E-state index is -0.939. The van der Waals surface area contributed by atoms with Gasteiger partial charge in [0.05, 0.1) is 12.9 Å². The van der Waals surface area contributed by atoms with Crippen LogP contribution in [0.3, 0.4) is 0 Å². The van der Waals surface area contributed by atoms with Crippen LogP contribution in [0.1, 0.15) is 28.6 Å². The molecule has 42 heavy (non-hydrogen) atoms. The Balaban J connectivity index is 1.69. The average molecular weight is 604 g/mol. The number of aryl methyl sites for hydroxylation is 2. The first-order valence-corrected chi connectivity index (χ1v) is 14.7. The van der Waals surface area contributed by atoms with E-state index in [-0.39, 0.29) is 24.1 Å². The van der Waals surface area contributed by atoms with Crippen LogP contribution in [0.2, 0.25) is 5.02 Å². The summed E-state index contributed by atoms with van der Waals surface area (Å²) in [6, 6.07) is 22.9. The van der Waals surface area contributed by atoms with Crippen molar-refractivity contribution in [2.24, 2.45) is 0 Å². The van der Waals surface area contributed by atoms with Gasteiger partial charge in [-0.2, -0.15) is 0 Å². The van der Waals surface area contributed by atoms with Crippen LogP contribution in [0.15, 0.2) is 84.0 Å². The highest BCUT2D eigenvalue weighted by Crippen LogP contribution is 2.29. The molecule has 0 saturated carbocycles. The van der Waals surface area contributed by atoms with Crippen molar-refractivity contribution in [1.82, 2.24) is 14.9 Å². The number of methoxy groups -OCH3 is 1. The standard InChI is InChI=1S/C32H34ClN5O3S/c1-21-18-22(2)35-32(34-21)42-20-29(39)38(19-23-6-16-28(41-5)17-7-23)30(24-8-10-25(33)11-9-24)31(40)36-26-12-14-27(15-13-26)37(3)4/h6-18,30H,19-20H2,1-5H3,(H,36,40)/t30-/m1/s1. The van der Waals surface area contributed by atoms with Gasteiger partial charge in [0.1, 0.15) is 11.8 Å². The number of carbonyl (C=O) groups is 2. The van der Waals surface area contributed by atoms with Gasteiger partial charge in [0.15, 0.2) is 5.16 Å². The molecule has 0 aliphatic carbocycles. The van der Waals surface area contributed by atoms with Gasteiger partial charge in [-0.3, -0.25) is 9.59 Å². The third-order valence-electron chi connectivity index (χ3n) is 6.52. The normalized spacial score (nSPS) is 11.5. The molecule has 10 heteroatoms. The Morgan fingerprint density at radius 3 is 2.12 bits per heavy atom. The Labute approximate surface area is 256 Å². The molecule has 1 aromatic heterocycles. The van der Waals surface area contributed by atoms with Gasteiger partial charge < -0.3 is 19.9 Å². The zero-order valence-electron chi connectivity index (χ0n) is 24.3. The number of benzene rings is 3. The van der Waals surface area contributed by atoms with Crippen LogP contribution >= 0.6 is 23.4 Å². The Morgan fingerprint density at radius 2 is 1.55 bits per heavy atom. The number of hydrogen-bond acceptors (Lipinski definition) is 7. The van der Waals surface area contributed by atoms with Crippen LogP contribution in [0, 0.1) is 13.8 Å². The predicted molar refractivity (Wildman–Crippen MR) is 169 cm³/mol. The molecule has 4 rings (SSSR count). The second kappa shape index (κ2) is 14.2. The predicted octanol–water partition coefficient (Wildman–Crippen LogP) is 6.32. The van der Waals surface area contributed by atoms with Gasteiger partial charge in [-0.05, 0) is 79.6 Å². The highest BCUT2D eigenvalue weighted by atomic mass is 35.5. The third-order valence-corrected chi connectivity index (χ3v) is 7.60. The Bertz CT molecular complexity index is 1490. The molecule has 8 nitrogen and oxygen atoms in total. The average Bonchev–Trinajstić information content (AvgIpc) is 2.96. The first kappa shape index (κ1) is 30.9. The number of rotatable bonds is 11. The Morgan fingerprint density at radius 1 is 0.929 bits per heavy atom. The first-order valence-electron chi connectivity index (χ1n) is 13.3. The number of anilines is 2. The van der Waals surface area contributed by atoms with Gasteiger partial charge in [-0.25, -0.2) is 9.97 Å². The maximum Gasteiger partial charge on any atom is 0.251 e. The molecule has 3 aromatic carbocycles. The van der Waals surface area contributed by atoms with E-state index in [1.54, 1.807) is 36.3 Å². The molecule has 1 N–H and O–H groups in total. The lowest BCUT2D eigenvalue weighted by Gasteiger charge is -2.31. The third kappa shape index (κ3) is 8.24. The van der Waals surface area contributed by atoms with Crippen molar-refractivity contribution in [2.45, 2.75) is 31.6 Å². The summed E-state index contributed by atoms with van der Waals surface area (Å²) in [4.78, 5) is 40.5. The maximum absolute atomic E-state index is 14.0. The summed E-state index contributed by atoms with van der Waals surface area (Å²) in [5.41, 5.74) is 4.76. The second-order valence-corrected chi connectivity index (χ2v) is 11.4. The van der Waals surface area contributed by atoms with Crippen molar-refractivity contribution in [2.75, 3.05) is 37.2 Å². The molecule has 0 unspecified atom stereocenters. The monoisotopic (exact) mass is 603 g/mol. The summed E-state index contributed by atoms with van der Waals surface area (Å²) >= 11 is 7.44. The summed E-state index contributed by atoms with van der Waals surface area (Å²) < 4.78 is 5.31. The number of aromatic nitrogens is 2. The quantitative estimate of drug-likeness (QED) is 0.158. The lowest BCUT2D eigenvalue weighted by molar-refractivity contribution is -0.137. The van der Waals surface area contributed by atoms with Crippen molar-refractivity contribution in [3.63, 3.8) is 0 Å². The minimum absolute atomic E-state index is 0.0496. The number of hydrogen-bond donors (Lipinski definition) is 1. The van der Waals surface area contributed by atoms with Gasteiger partial charge in [0.2, 0.25) is 5.91 Å². The number of halogens is 1. The van der Waals surface area contributed by atoms with Gasteiger partial charge >= 0.3 is 0 Å². The number of ether oxygens (including phenoxy) is 1. The highest BCUT2D eigenvalue weighted by Gasteiger charge is 2.32. The van der Waals surface area contributed by atoms with Crippen molar-refractivity contribution in [1.29, 1.82) is 0 Å². The van der Waals surface area contributed by atoms with E-state index in [9.17, 15) is 9.59 Å². The topological polar surface area (TPSA) is 87.7 Å². The van der Waals surface area contributed by atoms with E-state index in [0.29, 0.717) is 27.2 Å².